The van der Waals surface area contributed by atoms with Gasteiger partial charge in [0.2, 0.25) is 10.0 Å². The van der Waals surface area contributed by atoms with Gasteiger partial charge >= 0.3 is 0 Å². The Morgan fingerprint density at radius 2 is 2.17 bits per heavy atom. The minimum atomic E-state index is -3.20. The lowest BCUT2D eigenvalue weighted by molar-refractivity contribution is -0.0583. The van der Waals surface area contributed by atoms with Crippen molar-refractivity contribution in [2.24, 2.45) is 0 Å². The van der Waals surface area contributed by atoms with E-state index in [0.717, 1.165) is 31.2 Å². The summed E-state index contributed by atoms with van der Waals surface area (Å²) in [4.78, 5) is 4.09. The molecule has 4 rings (SSSR count). The van der Waals surface area contributed by atoms with Crippen molar-refractivity contribution in [1.82, 2.24) is 9.29 Å². The van der Waals surface area contributed by atoms with Crippen molar-refractivity contribution in [3.05, 3.63) is 30.1 Å². The first kappa shape index (κ1) is 15.5. The number of fused-ring (bicyclic) bond motifs is 2. The highest BCUT2D eigenvalue weighted by Gasteiger charge is 2.50. The molecule has 126 valence electrons. The second-order valence-electron chi connectivity index (χ2n) is 6.55. The first-order valence-corrected chi connectivity index (χ1v) is 9.79. The average molecular weight is 338 g/mol. The average Bonchev–Trinajstić information content (AvgIpc) is 3.33. The van der Waals surface area contributed by atoms with Gasteiger partial charge < -0.3 is 9.47 Å². The van der Waals surface area contributed by atoms with Crippen molar-refractivity contribution in [2.45, 2.75) is 55.8 Å². The highest BCUT2D eigenvalue weighted by Crippen LogP contribution is 2.38. The van der Waals surface area contributed by atoms with E-state index in [1.807, 2.05) is 12.1 Å². The normalized spacial score (nSPS) is 31.9. The van der Waals surface area contributed by atoms with Gasteiger partial charge in [-0.1, -0.05) is 6.07 Å². The fraction of sp³-hybridized carbons (Fsp3) is 0.688. The maximum atomic E-state index is 12.7. The molecule has 7 heteroatoms. The highest BCUT2D eigenvalue weighted by molar-refractivity contribution is 7.90. The lowest BCUT2D eigenvalue weighted by atomic mass is 10.2. The molecule has 2 aliphatic carbocycles. The zero-order valence-corrected chi connectivity index (χ0v) is 13.8. The maximum Gasteiger partial charge on any atom is 0.217 e. The smallest absolute Gasteiger partial charge is 0.217 e. The quantitative estimate of drug-likeness (QED) is 0.810. The topological polar surface area (TPSA) is 68.7 Å². The SMILES string of the molecule is O=S(=O)(C1CC1)N1CCO[C@H]2CC[C@H]1[C@H]2OCc1cccnc1. The Bertz CT molecular complexity index is 647. The van der Waals surface area contributed by atoms with E-state index in [0.29, 0.717) is 19.8 Å². The molecule has 0 unspecified atom stereocenters. The summed E-state index contributed by atoms with van der Waals surface area (Å²) in [6, 6.07) is 3.75. The van der Waals surface area contributed by atoms with E-state index < -0.39 is 10.0 Å². The predicted octanol–water partition coefficient (Wildman–Crippen LogP) is 1.32. The van der Waals surface area contributed by atoms with Gasteiger partial charge in [-0.15, -0.1) is 0 Å². The molecule has 1 aromatic rings. The number of sulfonamides is 1. The Labute approximate surface area is 136 Å². The lowest BCUT2D eigenvalue weighted by Crippen LogP contribution is -2.47. The summed E-state index contributed by atoms with van der Waals surface area (Å²) >= 11 is 0. The number of hydrogen-bond donors (Lipinski definition) is 0. The van der Waals surface area contributed by atoms with Crippen LogP contribution < -0.4 is 0 Å². The molecule has 0 spiro atoms. The molecule has 0 amide bonds. The van der Waals surface area contributed by atoms with Crippen LogP contribution in [-0.4, -0.2) is 54.4 Å². The molecule has 0 radical (unpaired) electrons. The number of nitrogens with zero attached hydrogens (tertiary/aromatic N) is 2. The maximum absolute atomic E-state index is 12.7. The van der Waals surface area contributed by atoms with Crippen LogP contribution in [0, 0.1) is 0 Å². The van der Waals surface area contributed by atoms with Crippen LogP contribution in [0.3, 0.4) is 0 Å². The number of rotatable bonds is 5. The molecule has 3 fully saturated rings. The van der Waals surface area contributed by atoms with Crippen molar-refractivity contribution < 1.29 is 17.9 Å². The fourth-order valence-electron chi connectivity index (χ4n) is 3.62. The number of aromatic nitrogens is 1. The van der Waals surface area contributed by atoms with Gasteiger partial charge in [0.15, 0.2) is 0 Å². The third-order valence-electron chi connectivity index (χ3n) is 4.94. The first-order chi connectivity index (χ1) is 11.2. The second kappa shape index (κ2) is 6.12. The predicted molar refractivity (Wildman–Crippen MR) is 84.2 cm³/mol. The van der Waals surface area contributed by atoms with Gasteiger partial charge in [-0.05, 0) is 37.3 Å². The van der Waals surface area contributed by atoms with Crippen LogP contribution in [0.5, 0.6) is 0 Å². The zero-order valence-electron chi connectivity index (χ0n) is 13.0. The summed E-state index contributed by atoms with van der Waals surface area (Å²) in [6.07, 6.45) is 6.56. The van der Waals surface area contributed by atoms with Crippen molar-refractivity contribution >= 4 is 10.0 Å². The summed E-state index contributed by atoms with van der Waals surface area (Å²) in [5, 5.41) is -0.182. The van der Waals surface area contributed by atoms with E-state index in [1.165, 1.54) is 0 Å². The van der Waals surface area contributed by atoms with Crippen molar-refractivity contribution in [1.29, 1.82) is 0 Å². The van der Waals surface area contributed by atoms with E-state index in [-0.39, 0.29) is 23.5 Å². The van der Waals surface area contributed by atoms with Crippen LogP contribution >= 0.6 is 0 Å². The van der Waals surface area contributed by atoms with Crippen LogP contribution in [0.2, 0.25) is 0 Å². The van der Waals surface area contributed by atoms with Gasteiger partial charge in [0.1, 0.15) is 6.10 Å². The van der Waals surface area contributed by atoms with Crippen LogP contribution in [0.1, 0.15) is 31.2 Å². The third-order valence-corrected chi connectivity index (χ3v) is 7.36. The molecular formula is C16H22N2O4S. The summed E-state index contributed by atoms with van der Waals surface area (Å²) < 4.78 is 39.1. The fourth-order valence-corrected chi connectivity index (χ4v) is 5.67. The van der Waals surface area contributed by atoms with Crippen molar-refractivity contribution in [3.63, 3.8) is 0 Å². The molecule has 2 heterocycles. The van der Waals surface area contributed by atoms with Crippen LogP contribution in [0.15, 0.2) is 24.5 Å². The van der Waals surface area contributed by atoms with Gasteiger partial charge in [0.05, 0.1) is 30.6 Å². The lowest BCUT2D eigenvalue weighted by Gasteiger charge is -2.30. The largest absolute Gasteiger partial charge is 0.374 e. The molecule has 2 bridgehead atoms. The van der Waals surface area contributed by atoms with E-state index in [1.54, 1.807) is 16.7 Å². The summed E-state index contributed by atoms with van der Waals surface area (Å²) in [5.41, 5.74) is 0.993. The summed E-state index contributed by atoms with van der Waals surface area (Å²) in [5.74, 6) is 0. The third kappa shape index (κ3) is 3.03. The van der Waals surface area contributed by atoms with Gasteiger partial charge in [0, 0.05) is 18.9 Å². The molecule has 3 aliphatic rings. The monoisotopic (exact) mass is 338 g/mol. The molecule has 1 aliphatic heterocycles. The first-order valence-electron chi connectivity index (χ1n) is 8.29. The minimum Gasteiger partial charge on any atom is -0.374 e. The van der Waals surface area contributed by atoms with Crippen LogP contribution in [-0.2, 0) is 26.1 Å². The number of ether oxygens (including phenoxy) is 2. The molecule has 6 nitrogen and oxygen atoms in total. The number of hydrogen-bond acceptors (Lipinski definition) is 5. The Morgan fingerprint density at radius 3 is 2.91 bits per heavy atom. The second-order valence-corrected chi connectivity index (χ2v) is 8.71. The van der Waals surface area contributed by atoms with E-state index in [9.17, 15) is 8.42 Å². The molecule has 1 aromatic heterocycles. The molecule has 3 atom stereocenters. The Hall–Kier alpha value is -1.02. The molecule has 0 aromatic carbocycles. The van der Waals surface area contributed by atoms with Gasteiger partial charge in [-0.25, -0.2) is 8.42 Å². The van der Waals surface area contributed by atoms with Crippen molar-refractivity contribution in [3.8, 4) is 0 Å². The highest BCUT2D eigenvalue weighted by atomic mass is 32.2. The zero-order chi connectivity index (χ0) is 15.9. The Morgan fingerprint density at radius 1 is 1.30 bits per heavy atom. The van der Waals surface area contributed by atoms with Crippen LogP contribution in [0.25, 0.3) is 0 Å². The van der Waals surface area contributed by atoms with Gasteiger partial charge in [-0.3, -0.25) is 4.98 Å². The van der Waals surface area contributed by atoms with E-state index in [4.69, 9.17) is 9.47 Å². The molecule has 1 saturated heterocycles. The minimum absolute atomic E-state index is 0.00363. The molecular weight excluding hydrogens is 316 g/mol. The molecule has 0 N–H and O–H groups in total. The molecule has 2 saturated carbocycles. The van der Waals surface area contributed by atoms with Gasteiger partial charge in [0.25, 0.3) is 0 Å². The Kier molecular flexibility index (Phi) is 4.13. The summed E-state index contributed by atoms with van der Waals surface area (Å²) in [7, 11) is -3.20. The standard InChI is InChI=1S/C16H22N2O4S/c19-23(20,13-3-4-13)18-8-9-21-15-6-5-14(18)16(15)22-11-12-2-1-7-17-10-12/h1-2,7,10,13-16H,3-6,8-9,11H2/t14-,15-,16+/m0/s1. The Balaban J connectivity index is 1.51. The summed E-state index contributed by atoms with van der Waals surface area (Å²) in [6.45, 7) is 1.35. The van der Waals surface area contributed by atoms with E-state index >= 15 is 0 Å². The van der Waals surface area contributed by atoms with Crippen LogP contribution in [0.4, 0.5) is 0 Å². The number of pyridine rings is 1. The van der Waals surface area contributed by atoms with Gasteiger partial charge in [-0.2, -0.15) is 4.31 Å². The molecule has 23 heavy (non-hydrogen) atoms. The van der Waals surface area contributed by atoms with Crippen molar-refractivity contribution in [2.75, 3.05) is 13.2 Å². The van der Waals surface area contributed by atoms with E-state index in [2.05, 4.69) is 4.98 Å².